The highest BCUT2D eigenvalue weighted by atomic mass is 35.5. The molecule has 0 spiro atoms. The number of carbonyl (C=O) groups is 1. The second-order valence-electron chi connectivity index (χ2n) is 8.28. The summed E-state index contributed by atoms with van der Waals surface area (Å²) in [6.07, 6.45) is 0.648. The molecule has 0 unspecified atom stereocenters. The summed E-state index contributed by atoms with van der Waals surface area (Å²) in [7, 11) is 2.80. The largest absolute Gasteiger partial charge is 0.493 e. The smallest absolute Gasteiger partial charge is 0.286 e. The lowest BCUT2D eigenvalue weighted by molar-refractivity contribution is -0.385. The number of hydrogen-bond acceptors (Lipinski definition) is 9. The zero-order valence-corrected chi connectivity index (χ0v) is 21.9. The van der Waals surface area contributed by atoms with Crippen molar-refractivity contribution < 1.29 is 23.9 Å². The number of nitrogens with zero attached hydrogens (tertiary/aromatic N) is 4. The predicted octanol–water partition coefficient (Wildman–Crippen LogP) is 4.55. The van der Waals surface area contributed by atoms with E-state index in [4.69, 9.17) is 30.8 Å². The van der Waals surface area contributed by atoms with Crippen molar-refractivity contribution in [3.05, 3.63) is 50.5 Å². The topological polar surface area (TPSA) is 107 Å². The number of halogens is 1. The number of aromatic nitrogens is 1. The Hall–Kier alpha value is -2.99. The second kappa shape index (κ2) is 11.4. The van der Waals surface area contributed by atoms with E-state index in [1.54, 1.807) is 6.07 Å². The molecule has 0 saturated carbocycles. The molecule has 1 aromatic heterocycles. The van der Waals surface area contributed by atoms with Crippen LogP contribution in [0.2, 0.25) is 5.02 Å². The zero-order chi connectivity index (χ0) is 25.8. The summed E-state index contributed by atoms with van der Waals surface area (Å²) >= 11 is 7.71. The van der Waals surface area contributed by atoms with Gasteiger partial charge in [0.25, 0.3) is 11.6 Å². The number of rotatable bonds is 9. The summed E-state index contributed by atoms with van der Waals surface area (Å²) in [6.45, 7) is 6.00. The van der Waals surface area contributed by atoms with E-state index in [-0.39, 0.29) is 22.7 Å². The SMILES string of the molecule is COc1cc(C(=O)N(CCCN2CCOCC2)c2nc3c(C)ccc(Cl)c3s2)c([N+](=O)[O-])cc1OC. The fraction of sp³-hybridized carbons (Fsp3) is 0.417. The summed E-state index contributed by atoms with van der Waals surface area (Å²) in [6, 6.07) is 6.22. The van der Waals surface area contributed by atoms with Gasteiger partial charge in [0, 0.05) is 32.2 Å². The van der Waals surface area contributed by atoms with Crippen LogP contribution in [0.3, 0.4) is 0 Å². The maximum atomic E-state index is 13.9. The lowest BCUT2D eigenvalue weighted by Gasteiger charge is -2.27. The predicted molar refractivity (Wildman–Crippen MR) is 139 cm³/mol. The zero-order valence-electron chi connectivity index (χ0n) is 20.3. The maximum Gasteiger partial charge on any atom is 0.286 e. The number of hydrogen-bond donors (Lipinski definition) is 0. The number of thiazole rings is 1. The molecular formula is C24H27ClN4O6S. The number of nitro benzene ring substituents is 1. The minimum Gasteiger partial charge on any atom is -0.493 e. The molecule has 12 heteroatoms. The monoisotopic (exact) mass is 534 g/mol. The molecule has 1 saturated heterocycles. The van der Waals surface area contributed by atoms with Gasteiger partial charge in [-0.2, -0.15) is 0 Å². The number of methoxy groups -OCH3 is 2. The average Bonchev–Trinajstić information content (AvgIpc) is 3.34. The molecule has 0 bridgehead atoms. The first-order valence-electron chi connectivity index (χ1n) is 11.4. The van der Waals surface area contributed by atoms with Crippen LogP contribution in [0.5, 0.6) is 11.5 Å². The molecule has 2 heterocycles. The van der Waals surface area contributed by atoms with Crippen LogP contribution in [0.15, 0.2) is 24.3 Å². The number of morpholine rings is 1. The van der Waals surface area contributed by atoms with Gasteiger partial charge >= 0.3 is 0 Å². The molecule has 36 heavy (non-hydrogen) atoms. The maximum absolute atomic E-state index is 13.9. The molecule has 1 fully saturated rings. The number of fused-ring (bicyclic) bond motifs is 1. The molecule has 3 aromatic rings. The van der Waals surface area contributed by atoms with E-state index in [9.17, 15) is 14.9 Å². The van der Waals surface area contributed by atoms with Gasteiger partial charge in [0.15, 0.2) is 16.6 Å². The second-order valence-corrected chi connectivity index (χ2v) is 9.67. The number of carbonyl (C=O) groups excluding carboxylic acids is 1. The Morgan fingerprint density at radius 1 is 1.25 bits per heavy atom. The van der Waals surface area contributed by atoms with Crippen molar-refractivity contribution in [1.29, 1.82) is 0 Å². The van der Waals surface area contributed by atoms with Crippen LogP contribution in [0.1, 0.15) is 22.3 Å². The van der Waals surface area contributed by atoms with E-state index in [2.05, 4.69) is 4.90 Å². The molecule has 4 rings (SSSR count). The fourth-order valence-electron chi connectivity index (χ4n) is 4.10. The number of nitro groups is 1. The van der Waals surface area contributed by atoms with Crippen LogP contribution in [-0.4, -0.2) is 74.3 Å². The highest BCUT2D eigenvalue weighted by molar-refractivity contribution is 7.23. The molecule has 1 aliphatic heterocycles. The first-order valence-corrected chi connectivity index (χ1v) is 12.6. The Morgan fingerprint density at radius 2 is 1.94 bits per heavy atom. The van der Waals surface area contributed by atoms with Crippen LogP contribution < -0.4 is 14.4 Å². The summed E-state index contributed by atoms with van der Waals surface area (Å²) < 4.78 is 16.7. The highest BCUT2D eigenvalue weighted by Gasteiger charge is 2.30. The number of benzene rings is 2. The quantitative estimate of drug-likeness (QED) is 0.290. The Balaban J connectivity index is 1.74. The van der Waals surface area contributed by atoms with Crippen molar-refractivity contribution in [1.82, 2.24) is 9.88 Å². The third-order valence-corrected chi connectivity index (χ3v) is 7.59. The highest BCUT2D eigenvalue weighted by Crippen LogP contribution is 2.39. The van der Waals surface area contributed by atoms with Gasteiger partial charge in [-0.25, -0.2) is 4.98 Å². The molecule has 192 valence electrons. The first kappa shape index (κ1) is 26.1. The molecule has 0 radical (unpaired) electrons. The Labute approximate surface area is 217 Å². The number of anilines is 1. The van der Waals surface area contributed by atoms with Gasteiger partial charge in [-0.15, -0.1) is 0 Å². The van der Waals surface area contributed by atoms with Gasteiger partial charge in [0.2, 0.25) is 0 Å². The lowest BCUT2D eigenvalue weighted by Crippen LogP contribution is -2.39. The van der Waals surface area contributed by atoms with Crippen molar-refractivity contribution in [2.45, 2.75) is 13.3 Å². The molecule has 0 aliphatic carbocycles. The molecule has 0 N–H and O–H groups in total. The summed E-state index contributed by atoms with van der Waals surface area (Å²) in [4.78, 5) is 33.7. The molecule has 0 atom stereocenters. The van der Waals surface area contributed by atoms with Crippen LogP contribution in [0.4, 0.5) is 10.8 Å². The standard InChI is InChI=1S/C24H27ClN4O6S/c1-15-5-6-17(25)22-21(15)26-24(36-22)28(8-4-7-27-9-11-35-12-10-27)23(30)16-13-19(33-2)20(34-3)14-18(16)29(31)32/h5-6,13-14H,4,7-12H2,1-3H3. The number of aryl methyl sites for hydroxylation is 1. The molecular weight excluding hydrogens is 508 g/mol. The van der Waals surface area contributed by atoms with Crippen molar-refractivity contribution >= 4 is 49.9 Å². The Morgan fingerprint density at radius 3 is 2.58 bits per heavy atom. The molecule has 2 aromatic carbocycles. The van der Waals surface area contributed by atoms with E-state index < -0.39 is 10.8 Å². The van der Waals surface area contributed by atoms with Crippen LogP contribution in [0.25, 0.3) is 10.2 Å². The van der Waals surface area contributed by atoms with E-state index in [0.29, 0.717) is 41.9 Å². The Kier molecular flexibility index (Phi) is 8.24. The van der Waals surface area contributed by atoms with E-state index in [0.717, 1.165) is 29.9 Å². The van der Waals surface area contributed by atoms with Gasteiger partial charge in [0.05, 0.1) is 53.7 Å². The average molecular weight is 535 g/mol. The van der Waals surface area contributed by atoms with Crippen molar-refractivity contribution in [2.24, 2.45) is 0 Å². The molecule has 1 aliphatic rings. The fourth-order valence-corrected chi connectivity index (χ4v) is 5.44. The van der Waals surface area contributed by atoms with Gasteiger partial charge in [-0.1, -0.05) is 29.0 Å². The molecule has 1 amide bonds. The van der Waals surface area contributed by atoms with Crippen molar-refractivity contribution in [2.75, 3.05) is 58.5 Å². The Bertz CT molecular complexity index is 1240. The minimum atomic E-state index is -0.597. The normalized spacial score (nSPS) is 14.1. The molecule has 10 nitrogen and oxygen atoms in total. The van der Waals surface area contributed by atoms with Gasteiger partial charge < -0.3 is 14.2 Å². The lowest BCUT2D eigenvalue weighted by atomic mass is 10.1. The third-order valence-electron chi connectivity index (χ3n) is 6.05. The summed E-state index contributed by atoms with van der Waals surface area (Å²) in [5.41, 5.74) is 1.15. The number of amides is 1. The third kappa shape index (κ3) is 5.39. The van der Waals surface area contributed by atoms with Crippen LogP contribution >= 0.6 is 22.9 Å². The first-order chi connectivity index (χ1) is 17.3. The van der Waals surface area contributed by atoms with Crippen molar-refractivity contribution in [3.63, 3.8) is 0 Å². The van der Waals surface area contributed by atoms with Crippen LogP contribution in [-0.2, 0) is 4.74 Å². The van der Waals surface area contributed by atoms with E-state index in [1.807, 2.05) is 13.0 Å². The van der Waals surface area contributed by atoms with Crippen molar-refractivity contribution in [3.8, 4) is 11.5 Å². The van der Waals surface area contributed by atoms with Crippen LogP contribution in [0, 0.1) is 17.0 Å². The van der Waals surface area contributed by atoms with Gasteiger partial charge in [-0.05, 0) is 25.0 Å². The summed E-state index contributed by atoms with van der Waals surface area (Å²) in [5, 5.41) is 12.9. The number of ether oxygens (including phenoxy) is 3. The minimum absolute atomic E-state index is 0.105. The van der Waals surface area contributed by atoms with Gasteiger partial charge in [-0.3, -0.25) is 24.7 Å². The van der Waals surface area contributed by atoms with E-state index in [1.165, 1.54) is 42.6 Å². The summed E-state index contributed by atoms with van der Waals surface area (Å²) in [5.74, 6) is -0.151. The van der Waals surface area contributed by atoms with Gasteiger partial charge in [0.1, 0.15) is 5.56 Å². The van der Waals surface area contributed by atoms with E-state index >= 15 is 0 Å².